The fourth-order valence-electron chi connectivity index (χ4n) is 4.23. The molecule has 1 heteroatoms. The highest BCUT2D eigenvalue weighted by Crippen LogP contribution is 2.61. The summed E-state index contributed by atoms with van der Waals surface area (Å²) in [6.07, 6.45) is 8.11. The maximum atomic E-state index is 6.03. The van der Waals surface area contributed by atoms with Gasteiger partial charge in [-0.25, -0.2) is 0 Å². The maximum absolute atomic E-state index is 6.03. The molecule has 0 amide bonds. The van der Waals surface area contributed by atoms with E-state index < -0.39 is 0 Å². The van der Waals surface area contributed by atoms with E-state index in [1.165, 1.54) is 31.2 Å². The van der Waals surface area contributed by atoms with Crippen molar-refractivity contribution >= 4 is 0 Å². The molecular weight excluding hydrogens is 208 g/mol. The molecule has 1 saturated carbocycles. The molecule has 3 unspecified atom stereocenters. The molecule has 17 heavy (non-hydrogen) atoms. The Bertz CT molecular complexity index is 462. The molecular formula is C16H18O. The van der Waals surface area contributed by atoms with Gasteiger partial charge in [-0.15, -0.1) is 0 Å². The van der Waals surface area contributed by atoms with Gasteiger partial charge in [-0.05, 0) is 36.7 Å². The lowest BCUT2D eigenvalue weighted by Gasteiger charge is -2.30. The fourth-order valence-corrected chi connectivity index (χ4v) is 4.23. The van der Waals surface area contributed by atoms with Crippen molar-refractivity contribution in [3.63, 3.8) is 0 Å². The summed E-state index contributed by atoms with van der Waals surface area (Å²) in [6.45, 7) is 0.964. The second-order valence-electron chi connectivity index (χ2n) is 5.73. The quantitative estimate of drug-likeness (QED) is 0.664. The Kier molecular flexibility index (Phi) is 2.01. The van der Waals surface area contributed by atoms with Crippen LogP contribution in [0.2, 0.25) is 0 Å². The summed E-state index contributed by atoms with van der Waals surface area (Å²) in [5, 5.41) is 0. The van der Waals surface area contributed by atoms with E-state index in [0.717, 1.165) is 6.61 Å². The lowest BCUT2D eigenvalue weighted by atomic mass is 9.78. The van der Waals surface area contributed by atoms with Gasteiger partial charge in [-0.3, -0.25) is 0 Å². The highest BCUT2D eigenvalue weighted by molar-refractivity contribution is 5.41. The first-order valence-corrected chi connectivity index (χ1v) is 6.76. The lowest BCUT2D eigenvalue weighted by molar-refractivity contribution is -0.00803. The van der Waals surface area contributed by atoms with Gasteiger partial charge in [0, 0.05) is 12.5 Å². The monoisotopic (exact) mass is 226 g/mol. The van der Waals surface area contributed by atoms with Crippen LogP contribution in [0.4, 0.5) is 0 Å². The minimum Gasteiger partial charge on any atom is -0.377 e. The summed E-state index contributed by atoms with van der Waals surface area (Å²) < 4.78 is 6.03. The van der Waals surface area contributed by atoms with E-state index in [2.05, 4.69) is 36.4 Å². The molecule has 1 aromatic rings. The molecule has 1 aliphatic heterocycles. The topological polar surface area (TPSA) is 9.23 Å². The molecule has 2 fully saturated rings. The third-order valence-electron chi connectivity index (χ3n) is 4.97. The molecule has 1 saturated heterocycles. The molecule has 2 bridgehead atoms. The van der Waals surface area contributed by atoms with Crippen LogP contribution < -0.4 is 0 Å². The number of rotatable bonds is 1. The van der Waals surface area contributed by atoms with Crippen LogP contribution in [-0.4, -0.2) is 12.7 Å². The van der Waals surface area contributed by atoms with Gasteiger partial charge >= 0.3 is 0 Å². The van der Waals surface area contributed by atoms with Gasteiger partial charge in [0.05, 0.1) is 6.10 Å². The van der Waals surface area contributed by atoms with E-state index in [4.69, 9.17) is 4.74 Å². The molecule has 0 radical (unpaired) electrons. The number of hydrogen-bond acceptors (Lipinski definition) is 1. The highest BCUT2D eigenvalue weighted by atomic mass is 16.5. The second-order valence-corrected chi connectivity index (χ2v) is 5.73. The highest BCUT2D eigenvalue weighted by Gasteiger charge is 2.53. The summed E-state index contributed by atoms with van der Waals surface area (Å²) in [4.78, 5) is 0. The van der Waals surface area contributed by atoms with Gasteiger partial charge < -0.3 is 4.74 Å². The number of fused-ring (bicyclic) bond motifs is 1. The van der Waals surface area contributed by atoms with E-state index in [1.807, 2.05) is 0 Å². The minimum atomic E-state index is 0.442. The van der Waals surface area contributed by atoms with Crippen LogP contribution in [0.5, 0.6) is 0 Å². The zero-order valence-electron chi connectivity index (χ0n) is 10.1. The average Bonchev–Trinajstić information content (AvgIpc) is 2.83. The SMILES string of the molecule is C1=C2C(c3ccccc3)C3CC2(CC1)CCO3. The summed E-state index contributed by atoms with van der Waals surface area (Å²) in [5.74, 6) is 0.543. The largest absolute Gasteiger partial charge is 0.377 e. The number of ether oxygens (including phenoxy) is 1. The van der Waals surface area contributed by atoms with E-state index in [9.17, 15) is 0 Å². The molecule has 1 aromatic carbocycles. The summed E-state index contributed by atoms with van der Waals surface area (Å²) in [6, 6.07) is 10.9. The standard InChI is InChI=1S/C16H18O/c1-2-5-12(6-3-1)15-13-7-4-8-16(13)9-10-17-14(15)11-16/h1-3,5-7,14-15H,4,8-11H2. The predicted molar refractivity (Wildman–Crippen MR) is 67.9 cm³/mol. The number of benzene rings is 1. The zero-order chi connectivity index (χ0) is 11.3. The Morgan fingerprint density at radius 3 is 2.88 bits per heavy atom. The molecule has 0 aromatic heterocycles. The Morgan fingerprint density at radius 1 is 1.12 bits per heavy atom. The number of hydrogen-bond donors (Lipinski definition) is 0. The molecule has 1 spiro atoms. The molecule has 2 aliphatic carbocycles. The Hall–Kier alpha value is -1.08. The van der Waals surface area contributed by atoms with E-state index in [0.29, 0.717) is 17.4 Å². The van der Waals surface area contributed by atoms with Crippen molar-refractivity contribution in [2.75, 3.05) is 6.61 Å². The summed E-state index contributed by atoms with van der Waals surface area (Å²) in [7, 11) is 0. The predicted octanol–water partition coefficient (Wildman–Crippen LogP) is 3.67. The fraction of sp³-hybridized carbons (Fsp3) is 0.500. The van der Waals surface area contributed by atoms with Crippen LogP contribution in [0.25, 0.3) is 0 Å². The maximum Gasteiger partial charge on any atom is 0.0689 e. The van der Waals surface area contributed by atoms with Gasteiger partial charge in [0.2, 0.25) is 0 Å². The van der Waals surface area contributed by atoms with E-state index >= 15 is 0 Å². The molecule has 3 atom stereocenters. The third-order valence-corrected chi connectivity index (χ3v) is 4.97. The van der Waals surface area contributed by atoms with Gasteiger partial charge in [0.1, 0.15) is 0 Å². The van der Waals surface area contributed by atoms with Gasteiger partial charge in [0.15, 0.2) is 0 Å². The van der Waals surface area contributed by atoms with Crippen molar-refractivity contribution in [1.29, 1.82) is 0 Å². The van der Waals surface area contributed by atoms with Gasteiger partial charge in [-0.2, -0.15) is 0 Å². The molecule has 88 valence electrons. The Labute approximate surface area is 102 Å². The summed E-state index contributed by atoms with van der Waals surface area (Å²) >= 11 is 0. The van der Waals surface area contributed by atoms with E-state index in [1.54, 1.807) is 5.57 Å². The van der Waals surface area contributed by atoms with Crippen molar-refractivity contribution in [1.82, 2.24) is 0 Å². The van der Waals surface area contributed by atoms with Crippen molar-refractivity contribution < 1.29 is 4.74 Å². The van der Waals surface area contributed by atoms with E-state index in [-0.39, 0.29) is 0 Å². The van der Waals surface area contributed by atoms with Gasteiger partial charge in [-0.1, -0.05) is 42.0 Å². The van der Waals surface area contributed by atoms with Crippen molar-refractivity contribution in [2.24, 2.45) is 5.41 Å². The Balaban J connectivity index is 1.81. The molecule has 4 rings (SSSR count). The van der Waals surface area contributed by atoms with Crippen molar-refractivity contribution in [3.05, 3.63) is 47.5 Å². The number of allylic oxidation sites excluding steroid dienone is 1. The normalized spacial score (nSPS) is 38.9. The van der Waals surface area contributed by atoms with Crippen molar-refractivity contribution in [2.45, 2.75) is 37.7 Å². The first kappa shape index (κ1) is 9.90. The first-order chi connectivity index (χ1) is 8.39. The van der Waals surface area contributed by atoms with Crippen LogP contribution in [0.1, 0.15) is 37.2 Å². The van der Waals surface area contributed by atoms with Crippen LogP contribution >= 0.6 is 0 Å². The lowest BCUT2D eigenvalue weighted by Crippen LogP contribution is -2.26. The Morgan fingerprint density at radius 2 is 2.00 bits per heavy atom. The van der Waals surface area contributed by atoms with Crippen LogP contribution in [0, 0.1) is 5.41 Å². The summed E-state index contributed by atoms with van der Waals surface area (Å²) in [5.41, 5.74) is 3.67. The van der Waals surface area contributed by atoms with Gasteiger partial charge in [0.25, 0.3) is 0 Å². The second kappa shape index (κ2) is 3.46. The van der Waals surface area contributed by atoms with Crippen LogP contribution in [-0.2, 0) is 4.74 Å². The molecule has 0 N–H and O–H groups in total. The third kappa shape index (κ3) is 1.29. The van der Waals surface area contributed by atoms with Crippen molar-refractivity contribution in [3.8, 4) is 0 Å². The minimum absolute atomic E-state index is 0.442. The average molecular weight is 226 g/mol. The zero-order valence-corrected chi connectivity index (χ0v) is 10.1. The molecule has 1 heterocycles. The van der Waals surface area contributed by atoms with Crippen LogP contribution in [0.15, 0.2) is 42.0 Å². The smallest absolute Gasteiger partial charge is 0.0689 e. The van der Waals surface area contributed by atoms with Crippen LogP contribution in [0.3, 0.4) is 0 Å². The molecule has 3 aliphatic rings. The first-order valence-electron chi connectivity index (χ1n) is 6.76. The molecule has 1 nitrogen and oxygen atoms in total.